The molecule has 3 unspecified atom stereocenters. The topological polar surface area (TPSA) is 50.1 Å². The van der Waals surface area contributed by atoms with Crippen molar-refractivity contribution >= 4 is 0 Å². The van der Waals surface area contributed by atoms with E-state index in [9.17, 15) is 5.11 Å². The Kier molecular flexibility index (Phi) is 5.22. The van der Waals surface area contributed by atoms with E-state index in [1.165, 1.54) is 17.7 Å². The summed E-state index contributed by atoms with van der Waals surface area (Å²) < 4.78 is 2.08. The number of aliphatic hydroxyl groups is 1. The quantitative estimate of drug-likeness (QED) is 0.871. The summed E-state index contributed by atoms with van der Waals surface area (Å²) in [5.74, 6) is 0.614. The SMILES string of the molecule is CCn1nc(C)c(C(C)NCC2CCCC(O)C2)c1C. The van der Waals surface area contributed by atoms with Gasteiger partial charge in [-0.1, -0.05) is 6.42 Å². The summed E-state index contributed by atoms with van der Waals surface area (Å²) >= 11 is 0. The molecular formula is C16H29N3O. The molecule has 0 bridgehead atoms. The molecule has 2 N–H and O–H groups in total. The third-order valence-electron chi connectivity index (χ3n) is 4.64. The van der Waals surface area contributed by atoms with Gasteiger partial charge in [0.1, 0.15) is 0 Å². The summed E-state index contributed by atoms with van der Waals surface area (Å²) in [6, 6.07) is 0.328. The molecule has 0 aliphatic heterocycles. The van der Waals surface area contributed by atoms with Crippen LogP contribution in [-0.4, -0.2) is 27.5 Å². The zero-order chi connectivity index (χ0) is 14.7. The van der Waals surface area contributed by atoms with Gasteiger partial charge in [-0.15, -0.1) is 0 Å². The van der Waals surface area contributed by atoms with Crippen LogP contribution in [0.2, 0.25) is 0 Å². The molecule has 1 aliphatic rings. The number of aromatic nitrogens is 2. The molecule has 114 valence electrons. The Labute approximate surface area is 122 Å². The van der Waals surface area contributed by atoms with Crippen molar-refractivity contribution < 1.29 is 5.11 Å². The maximum atomic E-state index is 9.74. The van der Waals surface area contributed by atoms with Crippen LogP contribution in [0.4, 0.5) is 0 Å². The van der Waals surface area contributed by atoms with Crippen molar-refractivity contribution in [3.05, 3.63) is 17.0 Å². The smallest absolute Gasteiger partial charge is 0.0644 e. The number of hydrogen-bond acceptors (Lipinski definition) is 3. The van der Waals surface area contributed by atoms with Crippen LogP contribution in [0.25, 0.3) is 0 Å². The van der Waals surface area contributed by atoms with E-state index in [1.54, 1.807) is 0 Å². The fourth-order valence-corrected chi connectivity index (χ4v) is 3.54. The van der Waals surface area contributed by atoms with Crippen LogP contribution in [0.1, 0.15) is 62.5 Å². The van der Waals surface area contributed by atoms with Crippen LogP contribution in [-0.2, 0) is 6.54 Å². The van der Waals surface area contributed by atoms with E-state index in [-0.39, 0.29) is 6.10 Å². The normalized spacial score (nSPS) is 24.9. The Bertz CT molecular complexity index is 441. The second kappa shape index (κ2) is 6.72. The van der Waals surface area contributed by atoms with Crippen LogP contribution in [0.15, 0.2) is 0 Å². The van der Waals surface area contributed by atoms with Gasteiger partial charge in [0, 0.05) is 23.8 Å². The van der Waals surface area contributed by atoms with Crippen LogP contribution >= 0.6 is 0 Å². The molecule has 0 aromatic carbocycles. The first-order valence-electron chi connectivity index (χ1n) is 7.98. The fraction of sp³-hybridized carbons (Fsp3) is 0.812. The van der Waals surface area contributed by atoms with Crippen LogP contribution in [0, 0.1) is 19.8 Å². The van der Waals surface area contributed by atoms with Crippen LogP contribution in [0.3, 0.4) is 0 Å². The van der Waals surface area contributed by atoms with Crippen molar-refractivity contribution in [3.63, 3.8) is 0 Å². The Hall–Kier alpha value is -0.870. The summed E-state index contributed by atoms with van der Waals surface area (Å²) in [5, 5.41) is 18.0. The molecule has 20 heavy (non-hydrogen) atoms. The fourth-order valence-electron chi connectivity index (χ4n) is 3.54. The largest absolute Gasteiger partial charge is 0.393 e. The zero-order valence-corrected chi connectivity index (χ0v) is 13.3. The Morgan fingerprint density at radius 1 is 1.40 bits per heavy atom. The third kappa shape index (κ3) is 3.41. The maximum absolute atomic E-state index is 9.74. The van der Waals surface area contributed by atoms with Gasteiger partial charge < -0.3 is 10.4 Å². The first-order chi connectivity index (χ1) is 9.52. The van der Waals surface area contributed by atoms with Crippen molar-refractivity contribution in [2.45, 2.75) is 72.1 Å². The average Bonchev–Trinajstić information content (AvgIpc) is 2.71. The van der Waals surface area contributed by atoms with Crippen molar-refractivity contribution in [2.75, 3.05) is 6.54 Å². The summed E-state index contributed by atoms with van der Waals surface area (Å²) in [4.78, 5) is 0. The minimum Gasteiger partial charge on any atom is -0.393 e. The Morgan fingerprint density at radius 2 is 2.15 bits per heavy atom. The molecule has 2 rings (SSSR count). The molecule has 1 aliphatic carbocycles. The molecule has 1 heterocycles. The lowest BCUT2D eigenvalue weighted by Gasteiger charge is -2.27. The first kappa shape index (κ1) is 15.5. The van der Waals surface area contributed by atoms with Crippen molar-refractivity contribution in [1.82, 2.24) is 15.1 Å². The van der Waals surface area contributed by atoms with E-state index in [0.717, 1.165) is 38.0 Å². The molecule has 1 saturated carbocycles. The Morgan fingerprint density at radius 3 is 2.75 bits per heavy atom. The van der Waals surface area contributed by atoms with Crippen LogP contribution < -0.4 is 5.32 Å². The standard InChI is InChI=1S/C16H29N3O/c1-5-19-13(4)16(12(3)18-19)11(2)17-10-14-7-6-8-15(20)9-14/h11,14-15,17,20H,5-10H2,1-4H3. The number of rotatable bonds is 5. The molecular weight excluding hydrogens is 250 g/mol. The number of nitrogens with zero attached hydrogens (tertiary/aromatic N) is 2. The van der Waals surface area contributed by atoms with Gasteiger partial charge in [-0.25, -0.2) is 0 Å². The minimum absolute atomic E-state index is 0.0860. The molecule has 4 heteroatoms. The molecule has 0 spiro atoms. The van der Waals surface area contributed by atoms with Gasteiger partial charge in [0.05, 0.1) is 11.8 Å². The average molecular weight is 279 g/mol. The lowest BCUT2D eigenvalue weighted by molar-refractivity contribution is 0.0998. The highest BCUT2D eigenvalue weighted by Crippen LogP contribution is 2.26. The van der Waals surface area contributed by atoms with E-state index in [4.69, 9.17) is 0 Å². The van der Waals surface area contributed by atoms with Gasteiger partial charge in [0.25, 0.3) is 0 Å². The van der Waals surface area contributed by atoms with E-state index >= 15 is 0 Å². The predicted molar refractivity (Wildman–Crippen MR) is 81.8 cm³/mol. The van der Waals surface area contributed by atoms with E-state index in [1.807, 2.05) is 0 Å². The third-order valence-corrected chi connectivity index (χ3v) is 4.64. The van der Waals surface area contributed by atoms with Gasteiger partial charge in [-0.2, -0.15) is 5.10 Å². The molecule has 1 aromatic heterocycles. The number of aliphatic hydroxyl groups excluding tert-OH is 1. The predicted octanol–water partition coefficient (Wildman–Crippen LogP) is 2.72. The second-order valence-corrected chi connectivity index (χ2v) is 6.22. The highest BCUT2D eigenvalue weighted by molar-refractivity contribution is 5.27. The molecule has 0 radical (unpaired) electrons. The van der Waals surface area contributed by atoms with E-state index in [0.29, 0.717) is 12.0 Å². The van der Waals surface area contributed by atoms with Gasteiger partial charge in [-0.05, 0) is 59.4 Å². The highest BCUT2D eigenvalue weighted by atomic mass is 16.3. The minimum atomic E-state index is -0.0860. The van der Waals surface area contributed by atoms with E-state index < -0.39 is 0 Å². The highest BCUT2D eigenvalue weighted by Gasteiger charge is 2.22. The molecule has 3 atom stereocenters. The van der Waals surface area contributed by atoms with Gasteiger partial charge >= 0.3 is 0 Å². The molecule has 1 aromatic rings. The lowest BCUT2D eigenvalue weighted by atomic mass is 9.87. The number of hydrogen-bond donors (Lipinski definition) is 2. The van der Waals surface area contributed by atoms with Gasteiger partial charge in [-0.3, -0.25) is 4.68 Å². The number of nitrogens with one attached hydrogen (secondary N) is 1. The van der Waals surface area contributed by atoms with Crippen LogP contribution in [0.5, 0.6) is 0 Å². The molecule has 4 nitrogen and oxygen atoms in total. The maximum Gasteiger partial charge on any atom is 0.0644 e. The monoisotopic (exact) mass is 279 g/mol. The zero-order valence-electron chi connectivity index (χ0n) is 13.3. The summed E-state index contributed by atoms with van der Waals surface area (Å²) in [5.41, 5.74) is 3.74. The first-order valence-corrected chi connectivity index (χ1v) is 7.98. The molecule has 0 saturated heterocycles. The summed E-state index contributed by atoms with van der Waals surface area (Å²) in [6.45, 7) is 10.5. The van der Waals surface area contributed by atoms with Gasteiger partial charge in [0.2, 0.25) is 0 Å². The summed E-state index contributed by atoms with van der Waals surface area (Å²) in [6.07, 6.45) is 4.24. The lowest BCUT2D eigenvalue weighted by Crippen LogP contribution is -2.31. The van der Waals surface area contributed by atoms with Crippen molar-refractivity contribution in [3.8, 4) is 0 Å². The Balaban J connectivity index is 1.94. The van der Waals surface area contributed by atoms with E-state index in [2.05, 4.69) is 42.8 Å². The molecule has 1 fully saturated rings. The van der Waals surface area contributed by atoms with Crippen molar-refractivity contribution in [2.24, 2.45) is 5.92 Å². The number of aryl methyl sites for hydroxylation is 2. The molecule has 0 amide bonds. The van der Waals surface area contributed by atoms with Crippen molar-refractivity contribution in [1.29, 1.82) is 0 Å². The van der Waals surface area contributed by atoms with Gasteiger partial charge in [0.15, 0.2) is 0 Å². The summed E-state index contributed by atoms with van der Waals surface area (Å²) in [7, 11) is 0. The second-order valence-electron chi connectivity index (χ2n) is 6.22.